The number of esters is 1. The quantitative estimate of drug-likeness (QED) is 0.609. The monoisotopic (exact) mass is 154 g/mol. The number of rotatable bonds is 2. The Morgan fingerprint density at radius 2 is 2.45 bits per heavy atom. The second-order valence-electron chi connectivity index (χ2n) is 2.15. The van der Waals surface area contributed by atoms with E-state index in [0.29, 0.717) is 12.4 Å². The van der Waals surface area contributed by atoms with Crippen molar-refractivity contribution in [2.75, 3.05) is 6.61 Å². The Morgan fingerprint density at radius 3 is 2.91 bits per heavy atom. The first-order valence-electron chi connectivity index (χ1n) is 3.47. The topological polar surface area (TPSA) is 39.4 Å². The number of hydrogen-bond acceptors (Lipinski definition) is 3. The highest BCUT2D eigenvalue weighted by molar-refractivity contribution is 5.87. The lowest BCUT2D eigenvalue weighted by atomic mass is 10.3. The molecule has 60 valence electrons. The first kappa shape index (κ1) is 7.85. The van der Waals surface area contributed by atoms with Gasteiger partial charge in [0, 0.05) is 5.56 Å². The molecule has 0 radical (unpaired) electrons. The van der Waals surface area contributed by atoms with Gasteiger partial charge in [-0.3, -0.25) is 0 Å². The highest BCUT2D eigenvalue weighted by Gasteiger charge is 2.12. The van der Waals surface area contributed by atoms with Crippen LogP contribution in [0.25, 0.3) is 0 Å². The minimum atomic E-state index is -0.394. The molecule has 3 heteroatoms. The molecule has 3 nitrogen and oxygen atoms in total. The number of ether oxygens (including phenoxy) is 1. The van der Waals surface area contributed by atoms with Crippen molar-refractivity contribution < 1.29 is 13.9 Å². The van der Waals surface area contributed by atoms with Crippen LogP contribution < -0.4 is 0 Å². The zero-order chi connectivity index (χ0) is 8.27. The van der Waals surface area contributed by atoms with Crippen LogP contribution in [0.5, 0.6) is 0 Å². The highest BCUT2D eigenvalue weighted by Crippen LogP contribution is 2.09. The Bertz CT molecular complexity index is 250. The van der Waals surface area contributed by atoms with Crippen LogP contribution in [-0.4, -0.2) is 12.6 Å². The Balaban J connectivity index is 2.76. The highest BCUT2D eigenvalue weighted by atomic mass is 16.5. The maximum atomic E-state index is 11.0. The van der Waals surface area contributed by atoms with Crippen LogP contribution in [0, 0.1) is 6.92 Å². The summed E-state index contributed by atoms with van der Waals surface area (Å²) in [6, 6.07) is 1.73. The Morgan fingerprint density at radius 1 is 1.73 bits per heavy atom. The van der Waals surface area contributed by atoms with Gasteiger partial charge >= 0.3 is 5.97 Å². The van der Waals surface area contributed by atoms with Crippen LogP contribution >= 0.6 is 0 Å². The Hall–Kier alpha value is -1.25. The zero-order valence-electron chi connectivity index (χ0n) is 6.59. The fourth-order valence-electron chi connectivity index (χ4n) is 0.778. The summed E-state index contributed by atoms with van der Waals surface area (Å²) in [5, 5.41) is 0. The van der Waals surface area contributed by atoms with Crippen LogP contribution in [0.15, 0.2) is 16.7 Å². The van der Waals surface area contributed by atoms with Crippen LogP contribution in [-0.2, 0) is 4.74 Å². The van der Waals surface area contributed by atoms with Gasteiger partial charge in [-0.25, -0.2) is 4.79 Å². The van der Waals surface area contributed by atoms with Crippen LogP contribution in [0.4, 0.5) is 0 Å². The number of aryl methyl sites for hydroxylation is 1. The lowest BCUT2D eigenvalue weighted by Crippen LogP contribution is -2.04. The van der Waals surface area contributed by atoms with Crippen LogP contribution in [0.1, 0.15) is 23.0 Å². The number of carbonyl (C=O) groups is 1. The van der Waals surface area contributed by atoms with Gasteiger partial charge < -0.3 is 9.15 Å². The Labute approximate surface area is 65.0 Å². The van der Waals surface area contributed by atoms with E-state index in [2.05, 4.69) is 0 Å². The van der Waals surface area contributed by atoms with Crippen molar-refractivity contribution in [1.82, 2.24) is 0 Å². The lowest BCUT2D eigenvalue weighted by molar-refractivity contribution is 0.0489. The maximum Gasteiger partial charge on any atom is 0.374 e. The fourth-order valence-corrected chi connectivity index (χ4v) is 0.778. The van der Waals surface area contributed by atoms with Crippen molar-refractivity contribution in [2.45, 2.75) is 13.8 Å². The van der Waals surface area contributed by atoms with E-state index in [1.165, 1.54) is 6.26 Å². The van der Waals surface area contributed by atoms with Crippen molar-refractivity contribution in [2.24, 2.45) is 0 Å². The third kappa shape index (κ3) is 1.61. The molecular formula is C8H10O3. The second kappa shape index (κ2) is 3.23. The first-order chi connectivity index (χ1) is 5.25. The van der Waals surface area contributed by atoms with Gasteiger partial charge in [0.05, 0.1) is 12.9 Å². The van der Waals surface area contributed by atoms with E-state index in [1.807, 2.05) is 0 Å². The van der Waals surface area contributed by atoms with Gasteiger partial charge in [-0.15, -0.1) is 0 Å². The summed E-state index contributed by atoms with van der Waals surface area (Å²) in [5.41, 5.74) is 0.809. The van der Waals surface area contributed by atoms with Crippen molar-refractivity contribution in [1.29, 1.82) is 0 Å². The smallest absolute Gasteiger partial charge is 0.374 e. The number of hydrogen-bond donors (Lipinski definition) is 0. The molecule has 0 amide bonds. The van der Waals surface area contributed by atoms with E-state index in [1.54, 1.807) is 19.9 Å². The molecule has 0 aliphatic heterocycles. The van der Waals surface area contributed by atoms with Crippen LogP contribution in [0.2, 0.25) is 0 Å². The van der Waals surface area contributed by atoms with Gasteiger partial charge in [0.15, 0.2) is 0 Å². The second-order valence-corrected chi connectivity index (χ2v) is 2.15. The molecule has 0 bridgehead atoms. The van der Waals surface area contributed by atoms with Gasteiger partial charge in [0.25, 0.3) is 0 Å². The normalized spacial score (nSPS) is 9.64. The summed E-state index contributed by atoms with van der Waals surface area (Å²) in [4.78, 5) is 11.0. The minimum absolute atomic E-state index is 0.298. The molecule has 0 saturated heterocycles. The molecule has 0 N–H and O–H groups in total. The third-order valence-electron chi connectivity index (χ3n) is 1.32. The van der Waals surface area contributed by atoms with Gasteiger partial charge in [0.2, 0.25) is 5.76 Å². The molecule has 1 heterocycles. The largest absolute Gasteiger partial charge is 0.460 e. The molecule has 0 spiro atoms. The molecule has 0 unspecified atom stereocenters. The van der Waals surface area contributed by atoms with E-state index < -0.39 is 5.97 Å². The predicted molar refractivity (Wildman–Crippen MR) is 39.4 cm³/mol. The average molecular weight is 154 g/mol. The summed E-state index contributed by atoms with van der Waals surface area (Å²) >= 11 is 0. The Kier molecular flexibility index (Phi) is 2.31. The summed E-state index contributed by atoms with van der Waals surface area (Å²) < 4.78 is 9.64. The molecule has 1 aromatic heterocycles. The summed E-state index contributed by atoms with van der Waals surface area (Å²) in [6.07, 6.45) is 1.47. The van der Waals surface area contributed by atoms with E-state index in [0.717, 1.165) is 5.56 Å². The molecule has 0 aliphatic carbocycles. The molecule has 0 fully saturated rings. The van der Waals surface area contributed by atoms with Crippen molar-refractivity contribution in [3.8, 4) is 0 Å². The molecule has 0 atom stereocenters. The molecule has 0 saturated carbocycles. The average Bonchev–Trinajstić information content (AvgIpc) is 2.36. The van der Waals surface area contributed by atoms with Gasteiger partial charge in [0.1, 0.15) is 0 Å². The maximum absolute atomic E-state index is 11.0. The van der Waals surface area contributed by atoms with E-state index in [9.17, 15) is 4.79 Å². The molecule has 0 aromatic carbocycles. The van der Waals surface area contributed by atoms with Crippen molar-refractivity contribution in [3.63, 3.8) is 0 Å². The third-order valence-corrected chi connectivity index (χ3v) is 1.32. The van der Waals surface area contributed by atoms with Crippen molar-refractivity contribution in [3.05, 3.63) is 23.7 Å². The first-order valence-corrected chi connectivity index (χ1v) is 3.47. The molecule has 0 aliphatic rings. The van der Waals surface area contributed by atoms with Crippen LogP contribution in [0.3, 0.4) is 0 Å². The summed E-state index contributed by atoms with van der Waals surface area (Å²) in [7, 11) is 0. The van der Waals surface area contributed by atoms with E-state index >= 15 is 0 Å². The van der Waals surface area contributed by atoms with E-state index in [-0.39, 0.29) is 0 Å². The zero-order valence-corrected chi connectivity index (χ0v) is 6.59. The van der Waals surface area contributed by atoms with Gasteiger partial charge in [-0.1, -0.05) is 0 Å². The standard InChI is InChI=1S/C8H10O3/c1-3-10-8(9)7-6(2)4-5-11-7/h4-5H,3H2,1-2H3. The number of furan rings is 1. The molecular weight excluding hydrogens is 144 g/mol. The van der Waals surface area contributed by atoms with E-state index in [4.69, 9.17) is 9.15 Å². The molecule has 1 rings (SSSR count). The predicted octanol–water partition coefficient (Wildman–Crippen LogP) is 1.76. The van der Waals surface area contributed by atoms with Gasteiger partial charge in [-0.2, -0.15) is 0 Å². The fraction of sp³-hybridized carbons (Fsp3) is 0.375. The van der Waals surface area contributed by atoms with Gasteiger partial charge in [-0.05, 0) is 19.9 Å². The van der Waals surface area contributed by atoms with Crippen molar-refractivity contribution >= 4 is 5.97 Å². The molecule has 11 heavy (non-hydrogen) atoms. The lowest BCUT2D eigenvalue weighted by Gasteiger charge is -1.97. The number of carbonyl (C=O) groups excluding carboxylic acids is 1. The summed E-state index contributed by atoms with van der Waals surface area (Å²) in [6.45, 7) is 3.94. The minimum Gasteiger partial charge on any atom is -0.460 e. The molecule has 1 aromatic rings. The SMILES string of the molecule is CCOC(=O)c1occc1C. The summed E-state index contributed by atoms with van der Waals surface area (Å²) in [5.74, 6) is -0.0955.